The smallest absolute Gasteiger partial charge is 0.255 e. The second kappa shape index (κ2) is 13.7. The third-order valence-corrected chi connectivity index (χ3v) is 10.0. The maximum absolute atomic E-state index is 14.3. The molecule has 13 nitrogen and oxygen atoms in total. The number of likely N-dealkylation sites (N-methyl/N-ethyl adjacent to an activating group) is 1. The molecule has 2 unspecified atom stereocenters. The van der Waals surface area contributed by atoms with Gasteiger partial charge in [0.25, 0.3) is 5.91 Å². The van der Waals surface area contributed by atoms with Crippen LogP contribution in [0.3, 0.4) is 0 Å². The third kappa shape index (κ3) is 6.17. The second-order valence-electron chi connectivity index (χ2n) is 13.6. The highest BCUT2D eigenvalue weighted by Crippen LogP contribution is 2.54. The van der Waals surface area contributed by atoms with Crippen LogP contribution in [0.15, 0.2) is 80.7 Å². The van der Waals surface area contributed by atoms with Crippen molar-refractivity contribution >= 4 is 41.1 Å². The average molecular weight is 699 g/mol. The Labute approximate surface area is 294 Å². The molecule has 0 bridgehead atoms. The van der Waals surface area contributed by atoms with Gasteiger partial charge in [-0.15, -0.1) is 0 Å². The molecule has 3 aromatic rings. The maximum Gasteiger partial charge on any atom is 0.255 e. The fourth-order valence-electron chi connectivity index (χ4n) is 7.72. The average Bonchev–Trinajstić information content (AvgIpc) is 3.78. The molecule has 1 amide bonds. The van der Waals surface area contributed by atoms with E-state index in [1.807, 2.05) is 66.4 Å². The number of phenols is 1. The molecule has 3 aliphatic rings. The van der Waals surface area contributed by atoms with Crippen molar-refractivity contribution in [1.82, 2.24) is 9.80 Å². The summed E-state index contributed by atoms with van der Waals surface area (Å²) in [5, 5.41) is 46.9. The van der Waals surface area contributed by atoms with Gasteiger partial charge in [0.2, 0.25) is 5.78 Å². The van der Waals surface area contributed by atoms with E-state index in [1.165, 1.54) is 4.90 Å². The van der Waals surface area contributed by atoms with Crippen molar-refractivity contribution in [1.29, 1.82) is 0 Å². The van der Waals surface area contributed by atoms with Gasteiger partial charge in [-0.1, -0.05) is 12.2 Å². The molecule has 4 atom stereocenters. The number of nitrogens with zero attached hydrogens (tertiary/aromatic N) is 3. The van der Waals surface area contributed by atoms with Crippen LogP contribution in [0.4, 0.5) is 5.69 Å². The molecular weight excluding hydrogens is 656 g/mol. The molecule has 1 saturated carbocycles. The van der Waals surface area contributed by atoms with Gasteiger partial charge in [-0.3, -0.25) is 24.2 Å². The van der Waals surface area contributed by atoms with Crippen molar-refractivity contribution in [3.63, 3.8) is 0 Å². The first-order valence-corrected chi connectivity index (χ1v) is 16.6. The number of carbonyl (C=O) groups excluding carboxylic acids is 3. The number of aliphatic hydroxyl groups is 3. The van der Waals surface area contributed by atoms with E-state index in [0.29, 0.717) is 41.4 Å². The molecule has 2 aromatic heterocycles. The second-order valence-corrected chi connectivity index (χ2v) is 13.6. The summed E-state index contributed by atoms with van der Waals surface area (Å²) in [6.45, 7) is 1.15. The molecule has 1 aromatic carbocycles. The summed E-state index contributed by atoms with van der Waals surface area (Å²) in [5.74, 6) is -5.47. The number of aromatic hydroxyl groups is 1. The Morgan fingerprint density at radius 3 is 2.12 bits per heavy atom. The number of hydrogen-bond donors (Lipinski definition) is 5. The molecular formula is C38H42N4O9. The first kappa shape index (κ1) is 35.5. The SMILES string of the molecule is CN(C)c1cc(CN(C/C=C/c2ccco2)C/C=C/c2ccco2)c(O)c2c1CC1CC3[C@H](N(C)C)C(=O)C(C(N)=O)=C(O)[C@@]3(O)C(=O)C1=C2O. The number of furan rings is 2. The first-order chi connectivity index (χ1) is 24.2. The minimum atomic E-state index is -2.71. The number of ketones is 2. The van der Waals surface area contributed by atoms with Gasteiger partial charge < -0.3 is 39.9 Å². The number of fused-ring (bicyclic) bond motifs is 3. The van der Waals surface area contributed by atoms with E-state index in [1.54, 1.807) is 38.8 Å². The summed E-state index contributed by atoms with van der Waals surface area (Å²) in [7, 11) is 6.81. The molecule has 3 aliphatic carbocycles. The van der Waals surface area contributed by atoms with Crippen LogP contribution in [-0.2, 0) is 27.3 Å². The van der Waals surface area contributed by atoms with Gasteiger partial charge in [-0.25, -0.2) is 0 Å². The minimum absolute atomic E-state index is 0.0128. The van der Waals surface area contributed by atoms with Gasteiger partial charge in [0, 0.05) is 56.5 Å². The predicted octanol–water partition coefficient (Wildman–Crippen LogP) is 3.44. The van der Waals surface area contributed by atoms with Gasteiger partial charge in [-0.2, -0.15) is 0 Å². The Kier molecular flexibility index (Phi) is 9.55. The van der Waals surface area contributed by atoms with Crippen molar-refractivity contribution in [2.24, 2.45) is 17.6 Å². The fraction of sp³-hybridized carbons (Fsp3) is 0.342. The zero-order chi connectivity index (χ0) is 36.8. The quantitative estimate of drug-likeness (QED) is 0.184. The van der Waals surface area contributed by atoms with E-state index in [2.05, 4.69) is 0 Å². The number of hydrogen-bond acceptors (Lipinski definition) is 12. The molecule has 2 heterocycles. The summed E-state index contributed by atoms with van der Waals surface area (Å²) in [6, 6.07) is 7.96. The lowest BCUT2D eigenvalue weighted by atomic mass is 9.57. The van der Waals surface area contributed by atoms with Crippen LogP contribution in [-0.4, -0.2) is 101 Å². The van der Waals surface area contributed by atoms with E-state index in [-0.39, 0.29) is 36.3 Å². The zero-order valence-electron chi connectivity index (χ0n) is 28.9. The number of primary amides is 1. The monoisotopic (exact) mass is 698 g/mol. The summed E-state index contributed by atoms with van der Waals surface area (Å²) in [5.41, 5.74) is 3.51. The lowest BCUT2D eigenvalue weighted by Gasteiger charge is -2.50. The van der Waals surface area contributed by atoms with Crippen molar-refractivity contribution in [2.75, 3.05) is 46.2 Å². The van der Waals surface area contributed by atoms with Crippen LogP contribution in [0.1, 0.15) is 34.6 Å². The van der Waals surface area contributed by atoms with Crippen LogP contribution in [0, 0.1) is 11.8 Å². The van der Waals surface area contributed by atoms with Gasteiger partial charge >= 0.3 is 0 Å². The Balaban J connectivity index is 1.42. The molecule has 0 radical (unpaired) electrons. The van der Waals surface area contributed by atoms with Crippen LogP contribution >= 0.6 is 0 Å². The number of aliphatic hydroxyl groups excluding tert-OH is 2. The predicted molar refractivity (Wildman–Crippen MR) is 189 cm³/mol. The summed E-state index contributed by atoms with van der Waals surface area (Å²) >= 11 is 0. The molecule has 6 rings (SSSR count). The zero-order valence-corrected chi connectivity index (χ0v) is 28.9. The normalized spacial score (nSPS) is 23.5. The largest absolute Gasteiger partial charge is 0.508 e. The van der Waals surface area contributed by atoms with Gasteiger partial charge in [0.1, 0.15) is 34.4 Å². The molecule has 51 heavy (non-hydrogen) atoms. The van der Waals surface area contributed by atoms with Crippen molar-refractivity contribution in [2.45, 2.75) is 31.0 Å². The molecule has 268 valence electrons. The highest BCUT2D eigenvalue weighted by Gasteiger charge is 2.64. The number of carbonyl (C=O) groups is 3. The number of anilines is 1. The van der Waals surface area contributed by atoms with Crippen molar-refractivity contribution < 1.29 is 43.6 Å². The van der Waals surface area contributed by atoms with Gasteiger partial charge in [0.15, 0.2) is 11.4 Å². The molecule has 0 saturated heterocycles. The van der Waals surface area contributed by atoms with E-state index in [4.69, 9.17) is 14.6 Å². The number of nitrogens with two attached hydrogens (primary N) is 1. The Morgan fingerprint density at radius 1 is 1.00 bits per heavy atom. The summed E-state index contributed by atoms with van der Waals surface area (Å²) in [6.07, 6.45) is 10.9. The highest BCUT2D eigenvalue weighted by atomic mass is 16.4. The third-order valence-electron chi connectivity index (χ3n) is 10.0. The van der Waals surface area contributed by atoms with Crippen molar-refractivity contribution in [3.05, 3.63) is 100 Å². The lowest BCUT2D eigenvalue weighted by Crippen LogP contribution is -2.65. The first-order valence-electron chi connectivity index (χ1n) is 16.6. The number of amides is 1. The number of phenolic OH excluding ortho intramolecular Hbond substituents is 1. The van der Waals surface area contributed by atoms with Gasteiger partial charge in [-0.05, 0) is 80.9 Å². The van der Waals surface area contributed by atoms with E-state index in [9.17, 15) is 34.8 Å². The summed E-state index contributed by atoms with van der Waals surface area (Å²) in [4.78, 5) is 45.5. The fourth-order valence-corrected chi connectivity index (χ4v) is 7.72. The Hall–Kier alpha value is -5.37. The Bertz CT molecular complexity index is 1920. The van der Waals surface area contributed by atoms with Gasteiger partial charge in [0.05, 0.1) is 24.1 Å². The number of benzene rings is 1. The van der Waals surface area contributed by atoms with Crippen LogP contribution in [0.5, 0.6) is 5.75 Å². The van der Waals surface area contributed by atoms with Crippen LogP contribution in [0.2, 0.25) is 0 Å². The maximum atomic E-state index is 14.3. The van der Waals surface area contributed by atoms with E-state index in [0.717, 1.165) is 0 Å². The number of Topliss-reactive ketones (excluding diaryl/α,β-unsaturated/α-hetero) is 2. The molecule has 1 fully saturated rings. The molecule has 13 heteroatoms. The van der Waals surface area contributed by atoms with Crippen molar-refractivity contribution in [3.8, 4) is 5.75 Å². The standard InChI is InChI=1S/C38H42N4O9/c1-40(2)27-19-22(20-42(13-5-9-23-11-7-15-50-23)14-6-10-24-12-8-16-51-24)32(43)29-25(27)17-21-18-26-31(41(3)4)34(45)30(37(39)48)36(47)38(26,49)35(46)28(21)33(29)44/h5-12,15-16,19,21,26,31,43-44,47,49H,13-14,17-18,20H2,1-4H3,(H2,39,48)/b9-5+,10-6+/t21?,26?,31-,38-/m0/s1. The summed E-state index contributed by atoms with van der Waals surface area (Å²) < 4.78 is 10.8. The highest BCUT2D eigenvalue weighted by molar-refractivity contribution is 6.24. The van der Waals surface area contributed by atoms with Crippen LogP contribution in [0.25, 0.3) is 17.9 Å². The van der Waals surface area contributed by atoms with E-state index < -0.39 is 58.0 Å². The molecule has 0 spiro atoms. The molecule has 6 N–H and O–H groups in total. The van der Waals surface area contributed by atoms with E-state index >= 15 is 0 Å². The molecule has 0 aliphatic heterocycles. The minimum Gasteiger partial charge on any atom is -0.508 e. The Morgan fingerprint density at radius 2 is 1.61 bits per heavy atom. The van der Waals surface area contributed by atoms with Crippen LogP contribution < -0.4 is 10.6 Å². The topological polar surface area (TPSA) is 194 Å². The lowest BCUT2D eigenvalue weighted by molar-refractivity contribution is -0.153. The number of rotatable bonds is 11.